The van der Waals surface area contributed by atoms with Crippen LogP contribution in [0.3, 0.4) is 0 Å². The van der Waals surface area contributed by atoms with Crippen LogP contribution in [0.4, 0.5) is 0 Å². The lowest BCUT2D eigenvalue weighted by atomic mass is 9.81. The van der Waals surface area contributed by atoms with Crippen molar-refractivity contribution in [2.24, 2.45) is 11.8 Å². The lowest BCUT2D eigenvalue weighted by Gasteiger charge is -2.41. The van der Waals surface area contributed by atoms with E-state index in [4.69, 9.17) is 4.74 Å². The molecule has 37 heavy (non-hydrogen) atoms. The third-order valence-corrected chi connectivity index (χ3v) is 7.75. The van der Waals surface area contributed by atoms with E-state index < -0.39 is 6.10 Å². The van der Waals surface area contributed by atoms with Crippen LogP contribution in [-0.2, 0) is 4.74 Å². The van der Waals surface area contributed by atoms with Gasteiger partial charge >= 0.3 is 0 Å². The van der Waals surface area contributed by atoms with Crippen molar-refractivity contribution in [3.63, 3.8) is 0 Å². The van der Waals surface area contributed by atoms with Gasteiger partial charge in [0.05, 0.1) is 29.7 Å². The van der Waals surface area contributed by atoms with Gasteiger partial charge in [0.2, 0.25) is 0 Å². The Morgan fingerprint density at radius 1 is 1.03 bits per heavy atom. The van der Waals surface area contributed by atoms with Gasteiger partial charge in [0.25, 0.3) is 5.91 Å². The summed E-state index contributed by atoms with van der Waals surface area (Å²) in [5, 5.41) is 19.1. The van der Waals surface area contributed by atoms with Gasteiger partial charge in [0.1, 0.15) is 11.5 Å². The molecule has 0 bridgehead atoms. The molecule has 3 heterocycles. The Labute approximate surface area is 218 Å². The number of benzene rings is 2. The van der Waals surface area contributed by atoms with E-state index in [1.54, 1.807) is 19.3 Å². The third-order valence-electron chi connectivity index (χ3n) is 7.75. The molecule has 2 aromatic carbocycles. The maximum Gasteiger partial charge on any atom is 0.256 e. The Balaban J connectivity index is 1.46. The fourth-order valence-corrected chi connectivity index (χ4v) is 5.59. The zero-order valence-corrected chi connectivity index (χ0v) is 21.8. The molecule has 5 rings (SSSR count). The first-order valence-electron chi connectivity index (χ1n) is 13.0. The number of hydrogen-bond acceptors (Lipinski definition) is 5. The van der Waals surface area contributed by atoms with Crippen LogP contribution in [0.15, 0.2) is 83.9 Å². The van der Waals surface area contributed by atoms with Crippen molar-refractivity contribution in [3.05, 3.63) is 95.0 Å². The Morgan fingerprint density at radius 3 is 2.41 bits per heavy atom. The molecule has 2 aliphatic rings. The molecule has 4 unspecified atom stereocenters. The van der Waals surface area contributed by atoms with Crippen LogP contribution in [-0.4, -0.2) is 49.6 Å². The normalized spacial score (nSPS) is 23.2. The van der Waals surface area contributed by atoms with Crippen LogP contribution in [0.2, 0.25) is 0 Å². The van der Waals surface area contributed by atoms with E-state index in [-0.39, 0.29) is 23.8 Å². The molecule has 0 saturated carbocycles. The summed E-state index contributed by atoms with van der Waals surface area (Å²) in [5.74, 6) is 1.72. The number of para-hydroxylation sites is 1. The summed E-state index contributed by atoms with van der Waals surface area (Å²) in [6, 6.07) is 17.5. The molecule has 4 atom stereocenters. The number of aromatic nitrogens is 3. The molecule has 7 heteroatoms. The number of piperidine rings is 1. The summed E-state index contributed by atoms with van der Waals surface area (Å²) in [6.45, 7) is 8.68. The van der Waals surface area contributed by atoms with Gasteiger partial charge < -0.3 is 14.7 Å². The summed E-state index contributed by atoms with van der Waals surface area (Å²) >= 11 is 0. The van der Waals surface area contributed by atoms with Gasteiger partial charge in [-0.25, -0.2) is 0 Å². The number of hydrogen-bond donors (Lipinski definition) is 1. The molecule has 1 saturated heterocycles. The summed E-state index contributed by atoms with van der Waals surface area (Å²) < 4.78 is 6.66. The van der Waals surface area contributed by atoms with Crippen molar-refractivity contribution >= 4 is 11.7 Å². The lowest BCUT2D eigenvalue weighted by Crippen LogP contribution is -2.46. The molecular weight excluding hydrogens is 464 g/mol. The van der Waals surface area contributed by atoms with Crippen molar-refractivity contribution in [2.75, 3.05) is 6.54 Å². The summed E-state index contributed by atoms with van der Waals surface area (Å²) in [5.41, 5.74) is 4.21. The highest BCUT2D eigenvalue weighted by Crippen LogP contribution is 2.43. The van der Waals surface area contributed by atoms with Crippen LogP contribution < -0.4 is 0 Å². The monoisotopic (exact) mass is 498 g/mol. The highest BCUT2D eigenvalue weighted by molar-refractivity contribution is 5.98. The fraction of sp³-hybridized carbons (Fsp3) is 0.367. The number of aliphatic hydroxyl groups is 1. The lowest BCUT2D eigenvalue weighted by molar-refractivity contribution is 0.0548. The molecule has 1 amide bonds. The van der Waals surface area contributed by atoms with Gasteiger partial charge in [-0.2, -0.15) is 15.0 Å². The van der Waals surface area contributed by atoms with Crippen molar-refractivity contribution in [3.8, 4) is 5.69 Å². The van der Waals surface area contributed by atoms with Crippen LogP contribution in [0.25, 0.3) is 11.4 Å². The first kappa shape index (κ1) is 25.0. The van der Waals surface area contributed by atoms with Gasteiger partial charge in [0.15, 0.2) is 0 Å². The molecular formula is C30H34N4O3. The first-order chi connectivity index (χ1) is 17.9. The maximum atomic E-state index is 13.9. The average molecular weight is 499 g/mol. The van der Waals surface area contributed by atoms with E-state index >= 15 is 0 Å². The summed E-state index contributed by atoms with van der Waals surface area (Å²) in [6.07, 6.45) is 4.39. The minimum atomic E-state index is -0.626. The fourth-order valence-electron chi connectivity index (χ4n) is 5.59. The second-order valence-electron chi connectivity index (χ2n) is 10.1. The van der Waals surface area contributed by atoms with Crippen LogP contribution in [0.1, 0.15) is 56.5 Å². The minimum absolute atomic E-state index is 0.0318. The number of carbonyl (C=O) groups excluding carboxylic acids is 1. The molecule has 1 aromatic heterocycles. The van der Waals surface area contributed by atoms with E-state index in [9.17, 15) is 9.90 Å². The minimum Gasteiger partial charge on any atom is -0.461 e. The molecule has 0 aliphatic carbocycles. The maximum absolute atomic E-state index is 13.9. The number of allylic oxidation sites excluding steroid dienone is 1. The van der Waals surface area contributed by atoms with E-state index in [0.717, 1.165) is 41.1 Å². The van der Waals surface area contributed by atoms with Crippen molar-refractivity contribution in [1.29, 1.82) is 0 Å². The topological polar surface area (TPSA) is 80.5 Å². The van der Waals surface area contributed by atoms with Crippen molar-refractivity contribution in [2.45, 2.75) is 52.7 Å². The predicted molar refractivity (Wildman–Crippen MR) is 143 cm³/mol. The number of nitrogens with zero attached hydrogens (tertiary/aromatic N) is 4. The largest absolute Gasteiger partial charge is 0.461 e. The molecule has 1 fully saturated rings. The quantitative estimate of drug-likeness (QED) is 0.520. The van der Waals surface area contributed by atoms with E-state index in [2.05, 4.69) is 31.0 Å². The molecule has 3 aromatic rings. The third kappa shape index (κ3) is 4.71. The standard InChI is InChI=1S/C30H34N4O3/c1-19-14-15-24(18-33(19)30(36)25-12-8-9-13-26(25)34-31-16-17-32-34)28-21(3)20(2)27(22(4)35)29(37-28)23-10-6-5-7-11-23/h5-13,16-17,19-20,22,24,35H,14-15,18H2,1-4H3. The van der Waals surface area contributed by atoms with Crippen LogP contribution >= 0.6 is 0 Å². The highest BCUT2D eigenvalue weighted by Gasteiger charge is 2.38. The summed E-state index contributed by atoms with van der Waals surface area (Å²) in [4.78, 5) is 17.3. The van der Waals surface area contributed by atoms with Crippen LogP contribution in [0, 0.1) is 11.8 Å². The average Bonchev–Trinajstić information content (AvgIpc) is 3.45. The number of rotatable bonds is 5. The molecule has 1 N–H and O–H groups in total. The SMILES string of the molecule is CC1=C(C2CCC(C)N(C(=O)c3ccccc3-n3nccn3)C2)OC(c2ccccc2)=C(C(C)O)C1C. The second-order valence-corrected chi connectivity index (χ2v) is 10.1. The molecule has 0 radical (unpaired) electrons. The first-order valence-corrected chi connectivity index (χ1v) is 13.0. The summed E-state index contributed by atoms with van der Waals surface area (Å²) in [7, 11) is 0. The van der Waals surface area contributed by atoms with Crippen molar-refractivity contribution in [1.82, 2.24) is 19.9 Å². The Bertz CT molecular complexity index is 1330. The number of aliphatic hydroxyl groups excluding tert-OH is 1. The van der Waals surface area contributed by atoms with Crippen molar-refractivity contribution < 1.29 is 14.6 Å². The molecule has 0 spiro atoms. The number of ether oxygens (including phenoxy) is 1. The van der Waals surface area contributed by atoms with Gasteiger partial charge in [-0.1, -0.05) is 49.4 Å². The van der Waals surface area contributed by atoms with E-state index in [0.29, 0.717) is 17.8 Å². The Morgan fingerprint density at radius 2 is 1.70 bits per heavy atom. The van der Waals surface area contributed by atoms with Gasteiger partial charge in [-0.05, 0) is 51.3 Å². The van der Waals surface area contributed by atoms with Gasteiger partial charge in [0, 0.05) is 35.6 Å². The number of carbonyl (C=O) groups is 1. The zero-order valence-electron chi connectivity index (χ0n) is 21.8. The Kier molecular flexibility index (Phi) is 6.98. The highest BCUT2D eigenvalue weighted by atomic mass is 16.5. The Hall–Kier alpha value is -3.71. The van der Waals surface area contributed by atoms with E-state index in [1.165, 1.54) is 4.80 Å². The molecule has 2 aliphatic heterocycles. The zero-order chi connectivity index (χ0) is 26.1. The number of likely N-dealkylation sites (tertiary alicyclic amines) is 1. The number of amides is 1. The predicted octanol–water partition coefficient (Wildman–Crippen LogP) is 5.24. The van der Waals surface area contributed by atoms with Crippen LogP contribution in [0.5, 0.6) is 0 Å². The molecule has 7 nitrogen and oxygen atoms in total. The van der Waals surface area contributed by atoms with Gasteiger partial charge in [-0.3, -0.25) is 4.79 Å². The second kappa shape index (κ2) is 10.3. The smallest absolute Gasteiger partial charge is 0.256 e. The van der Waals surface area contributed by atoms with E-state index in [1.807, 2.05) is 59.5 Å². The van der Waals surface area contributed by atoms with Gasteiger partial charge in [-0.15, -0.1) is 0 Å². The molecule has 192 valence electrons.